The second-order valence-corrected chi connectivity index (χ2v) is 5.37. The van der Waals surface area contributed by atoms with E-state index in [-0.39, 0.29) is 5.92 Å². The zero-order valence-corrected chi connectivity index (χ0v) is 9.24. The molecule has 2 unspecified atom stereocenters. The molecule has 15 heavy (non-hydrogen) atoms. The molecule has 0 aromatic rings. The molecule has 2 saturated heterocycles. The van der Waals surface area contributed by atoms with Gasteiger partial charge in [-0.15, -0.1) is 0 Å². The third-order valence-electron chi connectivity index (χ3n) is 4.34. The summed E-state index contributed by atoms with van der Waals surface area (Å²) in [6.45, 7) is 3.06. The van der Waals surface area contributed by atoms with Gasteiger partial charge in [-0.3, -0.25) is 4.79 Å². The number of hydrogen-bond acceptors (Lipinski definition) is 2. The van der Waals surface area contributed by atoms with Gasteiger partial charge >= 0.3 is 0 Å². The zero-order chi connectivity index (χ0) is 10.3. The average molecular weight is 208 g/mol. The Labute approximate surface area is 91.2 Å². The normalized spacial score (nSPS) is 39.7. The molecule has 0 radical (unpaired) electrons. The monoisotopic (exact) mass is 208 g/mol. The van der Waals surface area contributed by atoms with Crippen LogP contribution in [-0.4, -0.2) is 36.5 Å². The van der Waals surface area contributed by atoms with Crippen LogP contribution in [0, 0.1) is 11.8 Å². The Hall–Kier alpha value is -0.570. The number of rotatable bonds is 1. The molecule has 3 heteroatoms. The third-order valence-corrected chi connectivity index (χ3v) is 4.34. The molecule has 1 aliphatic carbocycles. The number of nitrogens with zero attached hydrogens (tertiary/aromatic N) is 1. The predicted octanol–water partition coefficient (Wildman–Crippen LogP) is 0.997. The number of carbonyl (C=O) groups is 1. The van der Waals surface area contributed by atoms with E-state index in [1.54, 1.807) is 0 Å². The first-order chi connectivity index (χ1) is 7.34. The van der Waals surface area contributed by atoms with Crippen LogP contribution >= 0.6 is 0 Å². The van der Waals surface area contributed by atoms with E-state index >= 15 is 0 Å². The van der Waals surface area contributed by atoms with E-state index in [2.05, 4.69) is 10.2 Å². The predicted molar refractivity (Wildman–Crippen MR) is 58.4 cm³/mol. The summed E-state index contributed by atoms with van der Waals surface area (Å²) < 4.78 is 0. The van der Waals surface area contributed by atoms with E-state index in [1.165, 1.54) is 25.7 Å². The van der Waals surface area contributed by atoms with Crippen LogP contribution in [0.5, 0.6) is 0 Å². The van der Waals surface area contributed by atoms with Crippen molar-refractivity contribution in [3.05, 3.63) is 0 Å². The Kier molecular flexibility index (Phi) is 2.43. The number of carbonyl (C=O) groups excluding carboxylic acids is 1. The van der Waals surface area contributed by atoms with Crippen LogP contribution in [0.4, 0.5) is 0 Å². The first kappa shape index (κ1) is 9.64. The lowest BCUT2D eigenvalue weighted by atomic mass is 9.97. The van der Waals surface area contributed by atoms with E-state index < -0.39 is 0 Å². The lowest BCUT2D eigenvalue weighted by Crippen LogP contribution is -2.46. The third kappa shape index (κ3) is 1.67. The number of amides is 1. The quantitative estimate of drug-likeness (QED) is 0.697. The fraction of sp³-hybridized carbons (Fsp3) is 0.917. The summed E-state index contributed by atoms with van der Waals surface area (Å²) in [5.74, 6) is 1.54. The van der Waals surface area contributed by atoms with Gasteiger partial charge in [0.05, 0.1) is 5.92 Å². The van der Waals surface area contributed by atoms with Crippen molar-refractivity contribution >= 4 is 5.91 Å². The molecule has 3 atom stereocenters. The Morgan fingerprint density at radius 3 is 2.80 bits per heavy atom. The topological polar surface area (TPSA) is 32.3 Å². The molecule has 3 nitrogen and oxygen atoms in total. The van der Waals surface area contributed by atoms with Crippen molar-refractivity contribution in [1.82, 2.24) is 10.2 Å². The fourth-order valence-electron chi connectivity index (χ4n) is 3.49. The molecule has 3 aliphatic rings. The molecule has 3 rings (SSSR count). The maximum Gasteiger partial charge on any atom is 0.227 e. The highest BCUT2D eigenvalue weighted by atomic mass is 16.2. The molecule has 0 aromatic carbocycles. The Balaban J connectivity index is 1.64. The molecular weight excluding hydrogens is 188 g/mol. The average Bonchev–Trinajstić information content (AvgIpc) is 2.91. The van der Waals surface area contributed by atoms with Crippen molar-refractivity contribution < 1.29 is 4.79 Å². The summed E-state index contributed by atoms with van der Waals surface area (Å²) in [5.41, 5.74) is 0. The molecule has 2 bridgehead atoms. The SMILES string of the molecule is O=C([C@H]1CCCNC1)N1CC2CCC1C2. The summed E-state index contributed by atoms with van der Waals surface area (Å²) in [5, 5.41) is 3.34. The highest BCUT2D eigenvalue weighted by Gasteiger charge is 2.41. The minimum Gasteiger partial charge on any atom is -0.339 e. The summed E-state index contributed by atoms with van der Waals surface area (Å²) in [6, 6.07) is 0.601. The van der Waals surface area contributed by atoms with Crippen LogP contribution in [0.1, 0.15) is 32.1 Å². The highest BCUT2D eigenvalue weighted by Crippen LogP contribution is 2.38. The van der Waals surface area contributed by atoms with Crippen LogP contribution in [0.15, 0.2) is 0 Å². The molecule has 84 valence electrons. The van der Waals surface area contributed by atoms with Crippen LogP contribution in [0.3, 0.4) is 0 Å². The molecular formula is C12H20N2O. The van der Waals surface area contributed by atoms with E-state index in [9.17, 15) is 4.79 Å². The maximum atomic E-state index is 12.3. The van der Waals surface area contributed by atoms with Crippen molar-refractivity contribution in [3.8, 4) is 0 Å². The van der Waals surface area contributed by atoms with Gasteiger partial charge in [0.15, 0.2) is 0 Å². The molecule has 1 saturated carbocycles. The Bertz CT molecular complexity index is 260. The molecule has 1 amide bonds. The van der Waals surface area contributed by atoms with Gasteiger partial charge in [-0.05, 0) is 44.6 Å². The standard InChI is InChI=1S/C12H20N2O/c15-12(10-2-1-5-13-7-10)14-8-9-3-4-11(14)6-9/h9-11,13H,1-8H2/t9?,10-,11?/m0/s1. The van der Waals surface area contributed by atoms with Crippen molar-refractivity contribution in [2.24, 2.45) is 11.8 Å². The fourth-order valence-corrected chi connectivity index (χ4v) is 3.49. The maximum absolute atomic E-state index is 12.3. The lowest BCUT2D eigenvalue weighted by molar-refractivity contribution is -0.137. The van der Waals surface area contributed by atoms with Crippen molar-refractivity contribution in [2.45, 2.75) is 38.1 Å². The number of likely N-dealkylation sites (tertiary alicyclic amines) is 1. The summed E-state index contributed by atoms with van der Waals surface area (Å²) in [6.07, 6.45) is 6.16. The zero-order valence-electron chi connectivity index (χ0n) is 9.24. The number of fused-ring (bicyclic) bond motifs is 2. The second-order valence-electron chi connectivity index (χ2n) is 5.37. The van der Waals surface area contributed by atoms with Gasteiger partial charge in [0.25, 0.3) is 0 Å². The van der Waals surface area contributed by atoms with E-state index in [1.807, 2.05) is 0 Å². The van der Waals surface area contributed by atoms with Gasteiger partial charge in [-0.25, -0.2) is 0 Å². The van der Waals surface area contributed by atoms with E-state index in [4.69, 9.17) is 0 Å². The van der Waals surface area contributed by atoms with Gasteiger partial charge in [-0.1, -0.05) is 0 Å². The molecule has 1 N–H and O–H groups in total. The summed E-state index contributed by atoms with van der Waals surface area (Å²) in [7, 11) is 0. The van der Waals surface area contributed by atoms with Gasteiger partial charge in [-0.2, -0.15) is 0 Å². The largest absolute Gasteiger partial charge is 0.339 e. The van der Waals surface area contributed by atoms with E-state index in [0.29, 0.717) is 11.9 Å². The number of piperidine rings is 2. The minimum absolute atomic E-state index is 0.276. The van der Waals surface area contributed by atoms with Gasteiger partial charge in [0.2, 0.25) is 5.91 Å². The van der Waals surface area contributed by atoms with Gasteiger partial charge in [0.1, 0.15) is 0 Å². The molecule has 0 spiro atoms. The van der Waals surface area contributed by atoms with Crippen molar-refractivity contribution in [2.75, 3.05) is 19.6 Å². The van der Waals surface area contributed by atoms with Crippen LogP contribution < -0.4 is 5.32 Å². The molecule has 3 fully saturated rings. The van der Waals surface area contributed by atoms with Gasteiger partial charge < -0.3 is 10.2 Å². The van der Waals surface area contributed by atoms with Crippen molar-refractivity contribution in [3.63, 3.8) is 0 Å². The smallest absolute Gasteiger partial charge is 0.227 e. The van der Waals surface area contributed by atoms with Gasteiger partial charge in [0, 0.05) is 19.1 Å². The number of hydrogen-bond donors (Lipinski definition) is 1. The first-order valence-electron chi connectivity index (χ1n) is 6.36. The Morgan fingerprint density at radius 1 is 1.27 bits per heavy atom. The van der Waals surface area contributed by atoms with Crippen LogP contribution in [0.2, 0.25) is 0 Å². The summed E-state index contributed by atoms with van der Waals surface area (Å²) >= 11 is 0. The molecule has 2 heterocycles. The first-order valence-corrected chi connectivity index (χ1v) is 6.36. The van der Waals surface area contributed by atoms with Crippen LogP contribution in [0.25, 0.3) is 0 Å². The molecule has 2 aliphatic heterocycles. The second kappa shape index (κ2) is 3.78. The lowest BCUT2D eigenvalue weighted by Gasteiger charge is -2.32. The molecule has 0 aromatic heterocycles. The van der Waals surface area contributed by atoms with E-state index in [0.717, 1.165) is 32.0 Å². The summed E-state index contributed by atoms with van der Waals surface area (Å²) in [4.78, 5) is 14.5. The Morgan fingerprint density at radius 2 is 2.20 bits per heavy atom. The van der Waals surface area contributed by atoms with Crippen LogP contribution in [-0.2, 0) is 4.79 Å². The van der Waals surface area contributed by atoms with Crippen molar-refractivity contribution in [1.29, 1.82) is 0 Å². The minimum atomic E-state index is 0.276. The highest BCUT2D eigenvalue weighted by molar-refractivity contribution is 5.80. The number of nitrogens with one attached hydrogen (secondary N) is 1.